The molecule has 1 saturated heterocycles. The number of hydrogen-bond donors (Lipinski definition) is 3. The van der Waals surface area contributed by atoms with Gasteiger partial charge in [0.1, 0.15) is 17.5 Å². The number of H-pyrrole nitrogens is 2. The van der Waals surface area contributed by atoms with Gasteiger partial charge in [-0.3, -0.25) is 15.0 Å². The van der Waals surface area contributed by atoms with Gasteiger partial charge in [0.05, 0.1) is 15.9 Å². The predicted molar refractivity (Wildman–Crippen MR) is 149 cm³/mol. The Morgan fingerprint density at radius 2 is 1.95 bits per heavy atom. The second-order valence-electron chi connectivity index (χ2n) is 9.95. The van der Waals surface area contributed by atoms with E-state index in [1.54, 1.807) is 12.4 Å². The van der Waals surface area contributed by atoms with E-state index in [1.165, 1.54) is 20.5 Å². The van der Waals surface area contributed by atoms with Gasteiger partial charge in [-0.25, -0.2) is 0 Å². The first kappa shape index (κ1) is 24.2. The molecule has 8 heteroatoms. The summed E-state index contributed by atoms with van der Waals surface area (Å²) in [4.78, 5) is 11.5. The van der Waals surface area contributed by atoms with Crippen LogP contribution in [0.5, 0.6) is 5.75 Å². The number of likely N-dealkylation sites (tertiary alicyclic amines) is 1. The van der Waals surface area contributed by atoms with Crippen molar-refractivity contribution < 1.29 is 9.84 Å². The van der Waals surface area contributed by atoms with Gasteiger partial charge in [-0.2, -0.15) is 5.10 Å². The highest BCUT2D eigenvalue weighted by Gasteiger charge is 2.22. The summed E-state index contributed by atoms with van der Waals surface area (Å²) in [7, 11) is 0. The molecule has 0 spiro atoms. The fourth-order valence-electron chi connectivity index (χ4n) is 5.43. The fourth-order valence-corrected chi connectivity index (χ4v) is 6.58. The Morgan fingerprint density at radius 1 is 1.11 bits per heavy atom. The molecular weight excluding hydrogens is 482 g/mol. The summed E-state index contributed by atoms with van der Waals surface area (Å²) in [5.74, 6) is 1.29. The summed E-state index contributed by atoms with van der Waals surface area (Å²) < 4.78 is 7.32. The smallest absolute Gasteiger partial charge is 0.126 e. The van der Waals surface area contributed by atoms with Crippen LogP contribution in [0.1, 0.15) is 49.0 Å². The first-order valence-corrected chi connectivity index (χ1v) is 14.0. The van der Waals surface area contributed by atoms with Crippen LogP contribution in [-0.2, 0) is 6.54 Å². The van der Waals surface area contributed by atoms with Crippen LogP contribution in [-0.4, -0.2) is 56.0 Å². The second kappa shape index (κ2) is 10.7. The molecule has 6 rings (SSSR count). The van der Waals surface area contributed by atoms with Crippen molar-refractivity contribution >= 4 is 32.5 Å². The predicted octanol–water partition coefficient (Wildman–Crippen LogP) is 6.09. The van der Waals surface area contributed by atoms with Crippen LogP contribution in [0.25, 0.3) is 32.5 Å². The third kappa shape index (κ3) is 5.14. The molecule has 0 amide bonds. The molecule has 0 bridgehead atoms. The van der Waals surface area contributed by atoms with Gasteiger partial charge in [0.2, 0.25) is 0 Å². The number of aliphatic hydroxyl groups is 1. The average molecular weight is 516 g/mol. The normalized spacial score (nSPS) is 16.1. The van der Waals surface area contributed by atoms with Gasteiger partial charge in [-0.05, 0) is 67.5 Å². The van der Waals surface area contributed by atoms with Crippen molar-refractivity contribution in [2.24, 2.45) is 0 Å². The number of fused-ring (bicyclic) bond motifs is 2. The number of benzene rings is 1. The summed E-state index contributed by atoms with van der Waals surface area (Å²) in [5, 5.41) is 18.5. The monoisotopic (exact) mass is 515 g/mol. The summed E-state index contributed by atoms with van der Waals surface area (Å²) >= 11 is 1.83. The number of nitrogens with one attached hydrogen (secondary N) is 2. The van der Waals surface area contributed by atoms with Gasteiger partial charge in [-0.15, -0.1) is 11.3 Å². The lowest BCUT2D eigenvalue weighted by atomic mass is 9.93. The van der Waals surface area contributed by atoms with E-state index < -0.39 is 0 Å². The van der Waals surface area contributed by atoms with Gasteiger partial charge in [-0.1, -0.05) is 19.1 Å². The maximum absolute atomic E-state index is 9.41. The lowest BCUT2D eigenvalue weighted by molar-refractivity contribution is 0.0973. The number of hydrogen-bond acceptors (Lipinski definition) is 6. The summed E-state index contributed by atoms with van der Waals surface area (Å²) in [6.07, 6.45) is 7.71. The van der Waals surface area contributed by atoms with Crippen LogP contribution in [0.3, 0.4) is 0 Å². The summed E-state index contributed by atoms with van der Waals surface area (Å²) in [5.41, 5.74) is 5.51. The third-order valence-electron chi connectivity index (χ3n) is 7.50. The van der Waals surface area contributed by atoms with Crippen molar-refractivity contribution in [3.63, 3.8) is 0 Å². The second-order valence-corrected chi connectivity index (χ2v) is 11.1. The first-order valence-electron chi connectivity index (χ1n) is 13.2. The molecular formula is C29H33N5O2S. The van der Waals surface area contributed by atoms with Crippen LogP contribution < -0.4 is 4.74 Å². The minimum Gasteiger partial charge on any atom is -0.490 e. The Hall–Kier alpha value is -3.20. The Morgan fingerprint density at radius 3 is 2.73 bits per heavy atom. The minimum atomic E-state index is 0.218. The largest absolute Gasteiger partial charge is 0.490 e. The van der Waals surface area contributed by atoms with Crippen molar-refractivity contribution in [2.75, 3.05) is 19.7 Å². The molecule has 192 valence electrons. The molecule has 0 radical (unpaired) electrons. The number of pyridine rings is 1. The maximum atomic E-state index is 9.41. The Balaban J connectivity index is 1.14. The standard InChI is InChI=1S/C29H33N5O2S/c1-2-19(9-14-35)20-3-4-21-16-26(31-25(21)15-20)28-29-27(32-33-28)17-24(37-29)18-34-12-7-23(8-13-34)36-22-5-10-30-11-6-22/h3-6,10-11,15-17,19,23,31,35H,2,7-9,12-14,18H2,1H3,(H,32,33). The summed E-state index contributed by atoms with van der Waals surface area (Å²) in [6.45, 7) is 5.42. The van der Waals surface area contributed by atoms with E-state index >= 15 is 0 Å². The van der Waals surface area contributed by atoms with E-state index in [1.807, 2.05) is 23.5 Å². The topological polar surface area (TPSA) is 90.1 Å². The van der Waals surface area contributed by atoms with E-state index in [2.05, 4.69) is 62.3 Å². The highest BCUT2D eigenvalue weighted by molar-refractivity contribution is 7.19. The van der Waals surface area contributed by atoms with Crippen LogP contribution >= 0.6 is 11.3 Å². The Labute approximate surface area is 220 Å². The van der Waals surface area contributed by atoms with E-state index in [9.17, 15) is 5.11 Å². The van der Waals surface area contributed by atoms with Crippen molar-refractivity contribution in [1.29, 1.82) is 0 Å². The fraction of sp³-hybridized carbons (Fsp3) is 0.379. The average Bonchev–Trinajstić information content (AvgIpc) is 3.62. The highest BCUT2D eigenvalue weighted by Crippen LogP contribution is 2.36. The molecule has 1 unspecified atom stereocenters. The Kier molecular flexibility index (Phi) is 6.95. The lowest BCUT2D eigenvalue weighted by Gasteiger charge is -2.31. The van der Waals surface area contributed by atoms with Crippen LogP contribution in [0.4, 0.5) is 0 Å². The van der Waals surface area contributed by atoms with Crippen LogP contribution in [0.15, 0.2) is 54.9 Å². The van der Waals surface area contributed by atoms with Crippen LogP contribution in [0.2, 0.25) is 0 Å². The minimum absolute atomic E-state index is 0.218. The van der Waals surface area contributed by atoms with Crippen molar-refractivity contribution in [3.8, 4) is 17.1 Å². The number of ether oxygens (including phenoxy) is 1. The molecule has 3 N–H and O–H groups in total. The number of aromatic nitrogens is 4. The van der Waals surface area contributed by atoms with Gasteiger partial charge in [0.25, 0.3) is 0 Å². The maximum Gasteiger partial charge on any atom is 0.126 e. The molecule has 7 nitrogen and oxygen atoms in total. The number of piperidine rings is 1. The number of rotatable bonds is 9. The molecule has 0 saturated carbocycles. The van der Waals surface area contributed by atoms with Gasteiger partial charge >= 0.3 is 0 Å². The van der Waals surface area contributed by atoms with Crippen molar-refractivity contribution in [1.82, 2.24) is 25.1 Å². The zero-order chi connectivity index (χ0) is 25.2. The lowest BCUT2D eigenvalue weighted by Crippen LogP contribution is -2.37. The first-order chi connectivity index (χ1) is 18.2. The zero-order valence-corrected chi connectivity index (χ0v) is 21.9. The molecule has 1 aliphatic heterocycles. The van der Waals surface area contributed by atoms with E-state index in [4.69, 9.17) is 4.74 Å². The zero-order valence-electron chi connectivity index (χ0n) is 21.1. The quantitative estimate of drug-likeness (QED) is 0.221. The molecule has 5 heterocycles. The van der Waals surface area contributed by atoms with Gasteiger partial charge in [0, 0.05) is 54.4 Å². The SMILES string of the molecule is CCC(CCO)c1ccc2cc(-c3n[nH]c4cc(CN5CCC(Oc6ccncc6)CC5)sc34)[nH]c2c1. The van der Waals surface area contributed by atoms with E-state index in [0.29, 0.717) is 5.92 Å². The molecule has 1 aliphatic rings. The van der Waals surface area contributed by atoms with Crippen molar-refractivity contribution in [2.45, 2.75) is 51.2 Å². The number of aliphatic hydroxyl groups excluding tert-OH is 1. The molecule has 37 heavy (non-hydrogen) atoms. The molecule has 5 aromatic rings. The van der Waals surface area contributed by atoms with Gasteiger partial charge in [0.15, 0.2) is 0 Å². The Bertz CT molecular complexity index is 1470. The molecule has 1 fully saturated rings. The van der Waals surface area contributed by atoms with Crippen molar-refractivity contribution in [3.05, 3.63) is 65.3 Å². The molecule has 4 aromatic heterocycles. The van der Waals surface area contributed by atoms with E-state index in [0.717, 1.165) is 73.5 Å². The summed E-state index contributed by atoms with van der Waals surface area (Å²) in [6, 6.07) is 14.9. The van der Waals surface area contributed by atoms with E-state index in [-0.39, 0.29) is 12.7 Å². The molecule has 1 atom stereocenters. The highest BCUT2D eigenvalue weighted by atomic mass is 32.1. The van der Waals surface area contributed by atoms with Gasteiger partial charge < -0.3 is 14.8 Å². The number of aromatic amines is 2. The third-order valence-corrected chi connectivity index (χ3v) is 8.62. The molecule has 1 aromatic carbocycles. The molecule has 0 aliphatic carbocycles. The number of nitrogens with zero attached hydrogens (tertiary/aromatic N) is 3. The van der Waals surface area contributed by atoms with Crippen LogP contribution in [0, 0.1) is 0 Å². The number of thiophene rings is 1.